The third kappa shape index (κ3) is 2.87. The minimum absolute atomic E-state index is 0.279. The van der Waals surface area contributed by atoms with E-state index in [1.54, 1.807) is 36.4 Å². The average Bonchev–Trinajstić information content (AvgIpc) is 3.13. The number of nitro groups is 1. The van der Waals surface area contributed by atoms with Gasteiger partial charge in [-0.05, 0) is 37.6 Å². The molecule has 9 heteroatoms. The lowest BCUT2D eigenvalue weighted by Gasteiger charge is -2.25. The molecule has 1 saturated heterocycles. The van der Waals surface area contributed by atoms with Gasteiger partial charge < -0.3 is 10.1 Å². The Morgan fingerprint density at radius 1 is 1.24 bits per heavy atom. The van der Waals surface area contributed by atoms with E-state index in [0.29, 0.717) is 29.2 Å². The van der Waals surface area contributed by atoms with Crippen molar-refractivity contribution in [3.63, 3.8) is 0 Å². The minimum Gasteiger partial charge on any atom is -0.491 e. The van der Waals surface area contributed by atoms with Crippen molar-refractivity contribution in [2.45, 2.75) is 37.4 Å². The van der Waals surface area contributed by atoms with Gasteiger partial charge in [-0.25, -0.2) is 0 Å². The molecule has 1 amide bonds. The van der Waals surface area contributed by atoms with Crippen LogP contribution in [-0.4, -0.2) is 29.5 Å². The summed E-state index contributed by atoms with van der Waals surface area (Å²) in [6.45, 7) is 4.02. The second-order valence-corrected chi connectivity index (χ2v) is 8.06. The predicted octanol–water partition coefficient (Wildman–Crippen LogP) is 3.96. The van der Waals surface area contributed by atoms with Crippen LogP contribution in [0.15, 0.2) is 36.4 Å². The molecule has 2 aliphatic rings. The number of hydrogen-bond acceptors (Lipinski definition) is 5. The standard InChI is InChI=1S/C20H19Cl2N3O4/c1-3-29-17-13(21)8-11(9-14(17)22)16-10(2)24-20(18(16)25(27)28)12-6-4-5-7-15(12)23-19(20)26/h4-10,16,18,24H,3H2,1-2H3,(H,23,26)/t10-,16-,18-,20-/m0/s1. The van der Waals surface area contributed by atoms with E-state index in [-0.39, 0.29) is 21.0 Å². The SMILES string of the molecule is CCOc1c(Cl)cc([C@@H]2[C@H](C)N[C@]3(C(=O)Nc4ccccc43)[C@H]2[N+](=O)[O-])cc1Cl. The van der Waals surface area contributed by atoms with E-state index in [0.717, 1.165) is 0 Å². The smallest absolute Gasteiger partial charge is 0.256 e. The molecule has 0 aromatic heterocycles. The largest absolute Gasteiger partial charge is 0.491 e. The van der Waals surface area contributed by atoms with Gasteiger partial charge in [0.15, 0.2) is 11.3 Å². The summed E-state index contributed by atoms with van der Waals surface area (Å²) in [5, 5.41) is 18.8. The minimum atomic E-state index is -1.47. The Labute approximate surface area is 177 Å². The number of fused-ring (bicyclic) bond motifs is 2. The molecule has 0 unspecified atom stereocenters. The normalized spacial score (nSPS) is 27.7. The van der Waals surface area contributed by atoms with Gasteiger partial charge in [-0.15, -0.1) is 0 Å². The predicted molar refractivity (Wildman–Crippen MR) is 111 cm³/mol. The monoisotopic (exact) mass is 435 g/mol. The third-order valence-electron chi connectivity index (χ3n) is 5.66. The number of ether oxygens (including phenoxy) is 1. The Kier molecular flexibility index (Phi) is 4.93. The van der Waals surface area contributed by atoms with Crippen LogP contribution >= 0.6 is 23.2 Å². The molecular formula is C20H19Cl2N3O4. The van der Waals surface area contributed by atoms with Gasteiger partial charge in [0.05, 0.1) is 22.6 Å². The Hall–Kier alpha value is -2.35. The van der Waals surface area contributed by atoms with Crippen LogP contribution in [0.4, 0.5) is 5.69 Å². The molecule has 0 bridgehead atoms. The number of carbonyl (C=O) groups excluding carboxylic acids is 1. The van der Waals surface area contributed by atoms with Gasteiger partial charge in [0, 0.05) is 22.2 Å². The lowest BCUT2D eigenvalue weighted by Crippen LogP contribution is -2.54. The maximum atomic E-state index is 13.0. The number of carbonyl (C=O) groups is 1. The average molecular weight is 436 g/mol. The van der Waals surface area contributed by atoms with Crippen molar-refractivity contribution >= 4 is 34.8 Å². The molecule has 152 valence electrons. The Balaban J connectivity index is 1.87. The van der Waals surface area contributed by atoms with Crippen LogP contribution in [0.3, 0.4) is 0 Å². The molecule has 2 N–H and O–H groups in total. The summed E-state index contributed by atoms with van der Waals surface area (Å²) in [5.41, 5.74) is 0.262. The lowest BCUT2D eigenvalue weighted by atomic mass is 9.78. The zero-order chi connectivity index (χ0) is 20.9. The fourth-order valence-electron chi connectivity index (χ4n) is 4.61. The molecule has 4 rings (SSSR count). The van der Waals surface area contributed by atoms with Crippen LogP contribution in [-0.2, 0) is 10.3 Å². The van der Waals surface area contributed by atoms with Gasteiger partial charge >= 0.3 is 0 Å². The molecule has 1 fully saturated rings. The van der Waals surface area contributed by atoms with Crippen LogP contribution < -0.4 is 15.4 Å². The highest BCUT2D eigenvalue weighted by molar-refractivity contribution is 6.37. The molecular weight excluding hydrogens is 417 g/mol. The van der Waals surface area contributed by atoms with E-state index < -0.39 is 23.4 Å². The number of para-hydroxylation sites is 1. The number of rotatable bonds is 4. The molecule has 4 atom stereocenters. The topological polar surface area (TPSA) is 93.5 Å². The zero-order valence-corrected chi connectivity index (χ0v) is 17.3. The Morgan fingerprint density at radius 2 is 1.90 bits per heavy atom. The number of hydrogen-bond donors (Lipinski definition) is 2. The van der Waals surface area contributed by atoms with Crippen molar-refractivity contribution in [2.24, 2.45) is 0 Å². The summed E-state index contributed by atoms with van der Waals surface area (Å²) in [6, 6.07) is 8.67. The molecule has 2 aliphatic heterocycles. The maximum absolute atomic E-state index is 13.0. The fourth-order valence-corrected chi connectivity index (χ4v) is 5.22. The van der Waals surface area contributed by atoms with Crippen LogP contribution in [0.2, 0.25) is 10.0 Å². The molecule has 2 aromatic carbocycles. The maximum Gasteiger partial charge on any atom is 0.256 e. The first-order valence-electron chi connectivity index (χ1n) is 9.25. The van der Waals surface area contributed by atoms with E-state index in [2.05, 4.69) is 10.6 Å². The first-order chi connectivity index (χ1) is 13.8. The second kappa shape index (κ2) is 7.16. The van der Waals surface area contributed by atoms with E-state index >= 15 is 0 Å². The number of benzene rings is 2. The van der Waals surface area contributed by atoms with Gasteiger partial charge in [0.2, 0.25) is 0 Å². The molecule has 0 saturated carbocycles. The zero-order valence-electron chi connectivity index (χ0n) is 15.7. The van der Waals surface area contributed by atoms with Gasteiger partial charge in [-0.2, -0.15) is 0 Å². The van der Waals surface area contributed by atoms with Gasteiger partial charge in [-0.3, -0.25) is 20.2 Å². The highest BCUT2D eigenvalue weighted by Gasteiger charge is 2.67. The van der Waals surface area contributed by atoms with E-state index in [4.69, 9.17) is 27.9 Å². The number of amides is 1. The summed E-state index contributed by atoms with van der Waals surface area (Å²) >= 11 is 12.7. The quantitative estimate of drug-likeness (QED) is 0.559. The third-order valence-corrected chi connectivity index (χ3v) is 6.22. The molecule has 1 spiro atoms. The van der Waals surface area contributed by atoms with Crippen molar-refractivity contribution in [3.05, 3.63) is 67.7 Å². The Morgan fingerprint density at radius 3 is 2.52 bits per heavy atom. The molecule has 0 aliphatic carbocycles. The van der Waals surface area contributed by atoms with Gasteiger partial charge in [0.25, 0.3) is 11.9 Å². The van der Waals surface area contributed by atoms with Crippen LogP contribution in [0, 0.1) is 10.1 Å². The number of halogens is 2. The van der Waals surface area contributed by atoms with Crippen molar-refractivity contribution in [1.82, 2.24) is 5.32 Å². The first kappa shape index (κ1) is 19.9. The summed E-state index contributed by atoms with van der Waals surface area (Å²) in [6.07, 6.45) is 0. The second-order valence-electron chi connectivity index (χ2n) is 7.24. The molecule has 2 aromatic rings. The molecule has 0 radical (unpaired) electrons. The van der Waals surface area contributed by atoms with Crippen molar-refractivity contribution in [3.8, 4) is 5.75 Å². The van der Waals surface area contributed by atoms with E-state index in [1.807, 2.05) is 13.8 Å². The molecule has 7 nitrogen and oxygen atoms in total. The van der Waals surface area contributed by atoms with Crippen molar-refractivity contribution < 1.29 is 14.5 Å². The van der Waals surface area contributed by atoms with E-state index in [9.17, 15) is 14.9 Å². The number of nitrogens with one attached hydrogen (secondary N) is 2. The lowest BCUT2D eigenvalue weighted by molar-refractivity contribution is -0.532. The van der Waals surface area contributed by atoms with Crippen molar-refractivity contribution in [2.75, 3.05) is 11.9 Å². The highest BCUT2D eigenvalue weighted by atomic mass is 35.5. The van der Waals surface area contributed by atoms with Gasteiger partial charge in [-0.1, -0.05) is 41.4 Å². The van der Waals surface area contributed by atoms with Crippen LogP contribution in [0.1, 0.15) is 30.9 Å². The molecule has 29 heavy (non-hydrogen) atoms. The first-order valence-corrected chi connectivity index (χ1v) is 10.0. The van der Waals surface area contributed by atoms with Crippen LogP contribution in [0.25, 0.3) is 0 Å². The van der Waals surface area contributed by atoms with Gasteiger partial charge in [0.1, 0.15) is 0 Å². The highest BCUT2D eigenvalue weighted by Crippen LogP contribution is 2.50. The summed E-state index contributed by atoms with van der Waals surface area (Å²) < 4.78 is 5.47. The number of nitrogens with zero attached hydrogens (tertiary/aromatic N) is 1. The fraction of sp³-hybridized carbons (Fsp3) is 0.350. The number of anilines is 1. The van der Waals surface area contributed by atoms with Crippen molar-refractivity contribution in [1.29, 1.82) is 0 Å². The summed E-state index contributed by atoms with van der Waals surface area (Å²) in [7, 11) is 0. The summed E-state index contributed by atoms with van der Waals surface area (Å²) in [5.74, 6) is -0.722. The molecule has 2 heterocycles. The Bertz CT molecular complexity index is 992. The summed E-state index contributed by atoms with van der Waals surface area (Å²) in [4.78, 5) is 24.9. The van der Waals surface area contributed by atoms with Crippen LogP contribution in [0.5, 0.6) is 5.75 Å². The van der Waals surface area contributed by atoms with E-state index in [1.165, 1.54) is 0 Å².